The summed E-state index contributed by atoms with van der Waals surface area (Å²) in [6.07, 6.45) is 4.98. The van der Waals surface area contributed by atoms with Crippen LogP contribution in [-0.2, 0) is 9.39 Å². The van der Waals surface area contributed by atoms with Gasteiger partial charge in [-0.1, -0.05) is 0 Å². The summed E-state index contributed by atoms with van der Waals surface area (Å²) < 4.78 is 10.3. The molecule has 0 amide bonds. The Morgan fingerprint density at radius 3 is 2.82 bits per heavy atom. The Balaban J connectivity index is 2.16. The van der Waals surface area contributed by atoms with E-state index in [2.05, 4.69) is 9.97 Å². The Morgan fingerprint density at radius 2 is 2.18 bits per heavy atom. The maximum Gasteiger partial charge on any atom is 0.358 e. The second kappa shape index (κ2) is 2.98. The minimum Gasteiger partial charge on any atom is -0.407 e. The highest BCUT2D eigenvalue weighted by molar-refractivity contribution is 6.67. The first-order valence-corrected chi connectivity index (χ1v) is 3.41. The van der Waals surface area contributed by atoms with Crippen molar-refractivity contribution in [2.45, 2.75) is 0 Å². The van der Waals surface area contributed by atoms with Crippen molar-refractivity contribution in [3.63, 3.8) is 0 Å². The lowest BCUT2D eigenvalue weighted by molar-refractivity contribution is 0.0910. The molecule has 0 N–H and O–H groups in total. The molecule has 11 heavy (non-hydrogen) atoms. The van der Waals surface area contributed by atoms with Crippen LogP contribution >= 0.6 is 0 Å². The molecule has 2 rings (SSSR count). The standard InChI is InChI=1S/C6H7BN2O2/c1-6(2-9-4-8-1)7-3-10-5-11-7/h1-2,4H,3,5H2. The van der Waals surface area contributed by atoms with Crippen molar-refractivity contribution >= 4 is 12.4 Å². The third-order valence-corrected chi connectivity index (χ3v) is 1.57. The Bertz CT molecular complexity index is 225. The van der Waals surface area contributed by atoms with Gasteiger partial charge in [0.2, 0.25) is 0 Å². The first-order chi connectivity index (χ1) is 5.47. The molecule has 0 unspecified atom stereocenters. The van der Waals surface area contributed by atoms with Crippen molar-refractivity contribution in [2.24, 2.45) is 0 Å². The first kappa shape index (κ1) is 6.76. The van der Waals surface area contributed by atoms with E-state index in [1.54, 1.807) is 12.4 Å². The van der Waals surface area contributed by atoms with Crippen LogP contribution in [0.25, 0.3) is 0 Å². The number of hydrogen-bond acceptors (Lipinski definition) is 4. The predicted octanol–water partition coefficient (Wildman–Crippen LogP) is -0.781. The molecule has 0 aromatic carbocycles. The average Bonchev–Trinajstić information content (AvgIpc) is 2.58. The van der Waals surface area contributed by atoms with E-state index in [0.717, 1.165) is 5.46 Å². The lowest BCUT2D eigenvalue weighted by Crippen LogP contribution is -2.33. The molecule has 0 bridgehead atoms. The van der Waals surface area contributed by atoms with Crippen molar-refractivity contribution in [3.8, 4) is 0 Å². The molecule has 0 spiro atoms. The van der Waals surface area contributed by atoms with Gasteiger partial charge >= 0.3 is 6.92 Å². The summed E-state index contributed by atoms with van der Waals surface area (Å²) >= 11 is 0. The van der Waals surface area contributed by atoms with Gasteiger partial charge in [0.25, 0.3) is 0 Å². The zero-order chi connectivity index (χ0) is 7.52. The number of rotatable bonds is 1. The first-order valence-electron chi connectivity index (χ1n) is 3.41. The van der Waals surface area contributed by atoms with Crippen LogP contribution in [0.3, 0.4) is 0 Å². The van der Waals surface area contributed by atoms with Gasteiger partial charge in [-0.25, -0.2) is 9.97 Å². The highest BCUT2D eigenvalue weighted by Gasteiger charge is 2.24. The van der Waals surface area contributed by atoms with Crippen molar-refractivity contribution in [1.82, 2.24) is 9.97 Å². The summed E-state index contributed by atoms with van der Waals surface area (Å²) in [7, 11) is 0. The van der Waals surface area contributed by atoms with Gasteiger partial charge < -0.3 is 9.39 Å². The van der Waals surface area contributed by atoms with Crippen molar-refractivity contribution in [3.05, 3.63) is 18.7 Å². The molecule has 1 aliphatic heterocycles. The molecule has 0 saturated carbocycles. The maximum atomic E-state index is 5.24. The average molecular weight is 150 g/mol. The van der Waals surface area contributed by atoms with Crippen LogP contribution in [-0.4, -0.2) is 30.2 Å². The van der Waals surface area contributed by atoms with Crippen LogP contribution in [0.4, 0.5) is 0 Å². The van der Waals surface area contributed by atoms with Crippen LogP contribution in [0.5, 0.6) is 0 Å². The molecule has 1 aromatic rings. The van der Waals surface area contributed by atoms with E-state index in [1.165, 1.54) is 6.33 Å². The minimum atomic E-state index is 0.0243. The van der Waals surface area contributed by atoms with E-state index < -0.39 is 0 Å². The van der Waals surface area contributed by atoms with Crippen molar-refractivity contribution < 1.29 is 9.39 Å². The molecule has 1 saturated heterocycles. The number of nitrogens with zero attached hydrogens (tertiary/aromatic N) is 2. The van der Waals surface area contributed by atoms with Crippen molar-refractivity contribution in [1.29, 1.82) is 0 Å². The van der Waals surface area contributed by atoms with Gasteiger partial charge in [0.15, 0.2) is 0 Å². The van der Waals surface area contributed by atoms with E-state index in [9.17, 15) is 0 Å². The fourth-order valence-corrected chi connectivity index (χ4v) is 1.00. The quantitative estimate of drug-likeness (QED) is 0.492. The number of ether oxygens (including phenoxy) is 1. The molecule has 1 aromatic heterocycles. The normalized spacial score (nSPS) is 17.3. The number of aromatic nitrogens is 2. The van der Waals surface area contributed by atoms with E-state index in [-0.39, 0.29) is 6.92 Å². The maximum absolute atomic E-state index is 5.24. The van der Waals surface area contributed by atoms with Gasteiger partial charge in [-0.3, -0.25) is 0 Å². The molecule has 5 heteroatoms. The fourth-order valence-electron chi connectivity index (χ4n) is 1.00. The summed E-state index contributed by atoms with van der Waals surface area (Å²) in [4.78, 5) is 7.77. The molecule has 1 aliphatic rings. The highest BCUT2D eigenvalue weighted by Crippen LogP contribution is 1.97. The number of hydrogen-bond donors (Lipinski definition) is 0. The molecular formula is C6H7BN2O2. The van der Waals surface area contributed by atoms with Gasteiger partial charge in [-0.2, -0.15) is 0 Å². The minimum absolute atomic E-state index is 0.0243. The summed E-state index contributed by atoms with van der Waals surface area (Å²) in [6.45, 7) is 1.00. The zero-order valence-corrected chi connectivity index (χ0v) is 5.93. The second-order valence-corrected chi connectivity index (χ2v) is 2.32. The van der Waals surface area contributed by atoms with Crippen LogP contribution in [0.2, 0.25) is 0 Å². The molecular weight excluding hydrogens is 143 g/mol. The van der Waals surface area contributed by atoms with E-state index in [4.69, 9.17) is 9.39 Å². The van der Waals surface area contributed by atoms with Gasteiger partial charge in [-0.05, 0) is 5.46 Å². The summed E-state index contributed by atoms with van der Waals surface area (Å²) in [5.74, 6) is 0. The molecule has 56 valence electrons. The second-order valence-electron chi connectivity index (χ2n) is 2.32. The molecule has 0 atom stereocenters. The molecule has 2 heterocycles. The SMILES string of the molecule is c1ncc(B2COCO2)cn1. The van der Waals surface area contributed by atoms with Crippen LogP contribution < -0.4 is 5.46 Å². The van der Waals surface area contributed by atoms with E-state index >= 15 is 0 Å². The lowest BCUT2D eigenvalue weighted by Gasteiger charge is -1.99. The lowest BCUT2D eigenvalue weighted by atomic mass is 9.64. The Kier molecular flexibility index (Phi) is 1.83. The molecule has 4 nitrogen and oxygen atoms in total. The molecule has 1 fully saturated rings. The largest absolute Gasteiger partial charge is 0.407 e. The zero-order valence-electron chi connectivity index (χ0n) is 5.93. The third-order valence-electron chi connectivity index (χ3n) is 1.57. The van der Waals surface area contributed by atoms with Crippen LogP contribution in [0.15, 0.2) is 18.7 Å². The predicted molar refractivity (Wildman–Crippen MR) is 39.3 cm³/mol. The van der Waals surface area contributed by atoms with E-state index in [1.807, 2.05) is 0 Å². The topological polar surface area (TPSA) is 44.2 Å². The summed E-state index contributed by atoms with van der Waals surface area (Å²) in [5, 5.41) is 0. The Hall–Kier alpha value is -0.935. The molecule has 0 radical (unpaired) electrons. The van der Waals surface area contributed by atoms with Gasteiger partial charge in [0.05, 0.1) is 6.51 Å². The fraction of sp³-hybridized carbons (Fsp3) is 0.333. The summed E-state index contributed by atoms with van der Waals surface area (Å²) in [5.41, 5.74) is 0.977. The van der Waals surface area contributed by atoms with Gasteiger partial charge in [0, 0.05) is 12.4 Å². The Labute approximate surface area is 64.7 Å². The van der Waals surface area contributed by atoms with Gasteiger partial charge in [-0.15, -0.1) is 0 Å². The van der Waals surface area contributed by atoms with Crippen LogP contribution in [0, 0.1) is 0 Å². The third kappa shape index (κ3) is 1.39. The monoisotopic (exact) mass is 150 g/mol. The van der Waals surface area contributed by atoms with Crippen molar-refractivity contribution in [2.75, 3.05) is 13.3 Å². The Morgan fingerprint density at radius 1 is 1.36 bits per heavy atom. The smallest absolute Gasteiger partial charge is 0.358 e. The van der Waals surface area contributed by atoms with E-state index in [0.29, 0.717) is 13.3 Å². The molecule has 0 aliphatic carbocycles. The van der Waals surface area contributed by atoms with Gasteiger partial charge in [0.1, 0.15) is 13.1 Å². The summed E-state index contributed by atoms with van der Waals surface area (Å²) in [6, 6.07) is 0. The highest BCUT2D eigenvalue weighted by atomic mass is 16.7. The van der Waals surface area contributed by atoms with Crippen LogP contribution in [0.1, 0.15) is 0 Å².